The van der Waals surface area contributed by atoms with Crippen molar-refractivity contribution in [2.75, 3.05) is 13.6 Å². The van der Waals surface area contributed by atoms with Crippen molar-refractivity contribution in [1.29, 1.82) is 0 Å². The number of hydrogen-bond donors (Lipinski definition) is 1. The fourth-order valence-corrected chi connectivity index (χ4v) is 2.48. The third-order valence-corrected chi connectivity index (χ3v) is 4.05. The van der Waals surface area contributed by atoms with Gasteiger partial charge in [-0.2, -0.15) is 0 Å². The van der Waals surface area contributed by atoms with E-state index in [4.69, 9.17) is 5.73 Å². The van der Waals surface area contributed by atoms with Gasteiger partial charge in [0.05, 0.1) is 5.41 Å². The van der Waals surface area contributed by atoms with Crippen LogP contribution in [0.1, 0.15) is 31.7 Å². The smallest absolute Gasteiger partial charge is 0.233 e. The molecule has 1 aromatic rings. The number of nitrogens with two attached hydrogens (primary N) is 1. The fourth-order valence-electron chi connectivity index (χ4n) is 2.48. The van der Waals surface area contributed by atoms with Crippen molar-refractivity contribution >= 4 is 5.91 Å². The van der Waals surface area contributed by atoms with Gasteiger partial charge in [-0.25, -0.2) is 0 Å². The lowest BCUT2D eigenvalue weighted by Crippen LogP contribution is -2.42. The summed E-state index contributed by atoms with van der Waals surface area (Å²) in [7, 11) is 1.89. The lowest BCUT2D eigenvalue weighted by Gasteiger charge is -2.29. The summed E-state index contributed by atoms with van der Waals surface area (Å²) in [5.41, 5.74) is 6.47. The van der Waals surface area contributed by atoms with E-state index in [-0.39, 0.29) is 17.4 Å². The number of benzene rings is 1. The van der Waals surface area contributed by atoms with E-state index in [1.165, 1.54) is 0 Å². The molecular weight excluding hydrogens is 224 g/mol. The molecule has 3 nitrogen and oxygen atoms in total. The van der Waals surface area contributed by atoms with Crippen LogP contribution in [0.25, 0.3) is 0 Å². The zero-order chi connectivity index (χ0) is 13.2. The van der Waals surface area contributed by atoms with E-state index in [1.807, 2.05) is 30.1 Å². The quantitative estimate of drug-likeness (QED) is 0.862. The molecule has 1 unspecified atom stereocenters. The van der Waals surface area contributed by atoms with Gasteiger partial charge in [-0.1, -0.05) is 30.3 Å². The molecule has 2 rings (SSSR count). The minimum atomic E-state index is -0.251. The standard InChI is InChI=1S/C15H22N2O/c1-12(8-11-16)17(2)14(18)15(9-10-15)13-6-4-3-5-7-13/h3-7,12H,8-11,16H2,1-2H3. The predicted molar refractivity (Wildman–Crippen MR) is 73.3 cm³/mol. The SMILES string of the molecule is CC(CCN)N(C)C(=O)C1(c2ccccc2)CC1. The average Bonchev–Trinajstić information content (AvgIpc) is 3.20. The molecule has 98 valence electrons. The third kappa shape index (κ3) is 2.27. The molecule has 1 amide bonds. The summed E-state index contributed by atoms with van der Waals surface area (Å²) in [6, 6.07) is 10.3. The largest absolute Gasteiger partial charge is 0.342 e. The average molecular weight is 246 g/mol. The highest BCUT2D eigenvalue weighted by atomic mass is 16.2. The second kappa shape index (κ2) is 5.11. The van der Waals surface area contributed by atoms with Gasteiger partial charge in [-0.05, 0) is 38.3 Å². The Kier molecular flexibility index (Phi) is 3.71. The first-order valence-corrected chi connectivity index (χ1v) is 6.64. The van der Waals surface area contributed by atoms with Gasteiger partial charge < -0.3 is 10.6 Å². The summed E-state index contributed by atoms with van der Waals surface area (Å²) >= 11 is 0. The Labute approximate surface area is 109 Å². The van der Waals surface area contributed by atoms with E-state index in [1.54, 1.807) is 0 Å². The van der Waals surface area contributed by atoms with Gasteiger partial charge in [0, 0.05) is 13.1 Å². The predicted octanol–water partition coefficient (Wildman–Crippen LogP) is 1.91. The van der Waals surface area contributed by atoms with Gasteiger partial charge >= 0.3 is 0 Å². The number of rotatable bonds is 5. The van der Waals surface area contributed by atoms with E-state index in [2.05, 4.69) is 19.1 Å². The van der Waals surface area contributed by atoms with Crippen LogP contribution in [0.4, 0.5) is 0 Å². The maximum absolute atomic E-state index is 12.6. The van der Waals surface area contributed by atoms with Crippen LogP contribution < -0.4 is 5.73 Å². The van der Waals surface area contributed by atoms with Gasteiger partial charge in [0.15, 0.2) is 0 Å². The normalized spacial score (nSPS) is 18.2. The molecule has 0 radical (unpaired) electrons. The van der Waals surface area contributed by atoms with Crippen LogP contribution in [0.5, 0.6) is 0 Å². The van der Waals surface area contributed by atoms with E-state index < -0.39 is 0 Å². The summed E-state index contributed by atoms with van der Waals surface area (Å²) in [6.45, 7) is 2.68. The molecule has 0 bridgehead atoms. The second-order valence-corrected chi connectivity index (χ2v) is 5.29. The van der Waals surface area contributed by atoms with Crippen molar-refractivity contribution in [2.24, 2.45) is 5.73 Å². The Morgan fingerprint density at radius 2 is 2.00 bits per heavy atom. The second-order valence-electron chi connectivity index (χ2n) is 5.29. The van der Waals surface area contributed by atoms with Crippen LogP contribution in [0.2, 0.25) is 0 Å². The van der Waals surface area contributed by atoms with E-state index in [0.717, 1.165) is 24.8 Å². The molecule has 0 saturated heterocycles. The molecule has 18 heavy (non-hydrogen) atoms. The summed E-state index contributed by atoms with van der Waals surface area (Å²) in [6.07, 6.45) is 2.79. The summed E-state index contributed by atoms with van der Waals surface area (Å²) < 4.78 is 0. The first-order chi connectivity index (χ1) is 8.62. The molecule has 1 saturated carbocycles. The van der Waals surface area contributed by atoms with Crippen LogP contribution in [-0.2, 0) is 10.2 Å². The van der Waals surface area contributed by atoms with Gasteiger partial charge in [0.2, 0.25) is 5.91 Å². The van der Waals surface area contributed by atoms with Gasteiger partial charge in [-0.15, -0.1) is 0 Å². The summed E-state index contributed by atoms with van der Waals surface area (Å²) in [5.74, 6) is 0.245. The van der Waals surface area contributed by atoms with Crippen molar-refractivity contribution in [2.45, 2.75) is 37.6 Å². The van der Waals surface area contributed by atoms with Crippen LogP contribution in [0, 0.1) is 0 Å². The third-order valence-electron chi connectivity index (χ3n) is 4.05. The van der Waals surface area contributed by atoms with Gasteiger partial charge in [-0.3, -0.25) is 4.79 Å². The zero-order valence-electron chi connectivity index (χ0n) is 11.2. The van der Waals surface area contributed by atoms with E-state index in [9.17, 15) is 4.79 Å². The van der Waals surface area contributed by atoms with Crippen molar-refractivity contribution in [3.63, 3.8) is 0 Å². The molecule has 0 heterocycles. The molecular formula is C15H22N2O. The number of carbonyl (C=O) groups is 1. The van der Waals surface area contributed by atoms with Crippen molar-refractivity contribution in [1.82, 2.24) is 4.90 Å². The highest BCUT2D eigenvalue weighted by molar-refractivity contribution is 5.91. The number of nitrogens with zero attached hydrogens (tertiary/aromatic N) is 1. The summed E-state index contributed by atoms with van der Waals surface area (Å²) in [5, 5.41) is 0. The molecule has 3 heteroatoms. The van der Waals surface area contributed by atoms with Crippen LogP contribution in [-0.4, -0.2) is 30.4 Å². The van der Waals surface area contributed by atoms with Crippen LogP contribution in [0.3, 0.4) is 0 Å². The Morgan fingerprint density at radius 3 is 2.50 bits per heavy atom. The van der Waals surface area contributed by atoms with E-state index >= 15 is 0 Å². The fraction of sp³-hybridized carbons (Fsp3) is 0.533. The lowest BCUT2D eigenvalue weighted by molar-refractivity contribution is -0.134. The first kappa shape index (κ1) is 13.1. The Bertz CT molecular complexity index is 412. The molecule has 0 spiro atoms. The molecule has 1 aliphatic rings. The highest BCUT2D eigenvalue weighted by Crippen LogP contribution is 2.49. The maximum Gasteiger partial charge on any atom is 0.233 e. The Balaban J connectivity index is 2.14. The number of carbonyl (C=O) groups excluding carboxylic acids is 1. The molecule has 1 fully saturated rings. The van der Waals surface area contributed by atoms with Crippen molar-refractivity contribution in [3.05, 3.63) is 35.9 Å². The van der Waals surface area contributed by atoms with E-state index in [0.29, 0.717) is 6.54 Å². The van der Waals surface area contributed by atoms with Crippen molar-refractivity contribution in [3.8, 4) is 0 Å². The highest BCUT2D eigenvalue weighted by Gasteiger charge is 2.52. The molecule has 0 aliphatic heterocycles. The maximum atomic E-state index is 12.6. The Morgan fingerprint density at radius 1 is 1.39 bits per heavy atom. The topological polar surface area (TPSA) is 46.3 Å². The number of likely N-dealkylation sites (N-methyl/N-ethyl adjacent to an activating group) is 1. The molecule has 2 N–H and O–H groups in total. The van der Waals surface area contributed by atoms with Crippen molar-refractivity contribution < 1.29 is 4.79 Å². The molecule has 1 aliphatic carbocycles. The number of hydrogen-bond acceptors (Lipinski definition) is 2. The lowest BCUT2D eigenvalue weighted by atomic mass is 9.94. The van der Waals surface area contributed by atoms with Gasteiger partial charge in [0.1, 0.15) is 0 Å². The molecule has 1 atom stereocenters. The molecule has 1 aromatic carbocycles. The van der Waals surface area contributed by atoms with Crippen LogP contribution >= 0.6 is 0 Å². The minimum absolute atomic E-state index is 0.212. The zero-order valence-corrected chi connectivity index (χ0v) is 11.2. The monoisotopic (exact) mass is 246 g/mol. The Hall–Kier alpha value is -1.35. The first-order valence-electron chi connectivity index (χ1n) is 6.64. The minimum Gasteiger partial charge on any atom is -0.342 e. The molecule has 0 aromatic heterocycles. The summed E-state index contributed by atoms with van der Waals surface area (Å²) in [4.78, 5) is 14.5. The van der Waals surface area contributed by atoms with Gasteiger partial charge in [0.25, 0.3) is 0 Å². The number of amides is 1. The van der Waals surface area contributed by atoms with Crippen LogP contribution in [0.15, 0.2) is 30.3 Å².